The first-order valence-electron chi connectivity index (χ1n) is 9.10. The van der Waals surface area contributed by atoms with Crippen LogP contribution in [0.5, 0.6) is 0 Å². The van der Waals surface area contributed by atoms with Crippen LogP contribution in [-0.4, -0.2) is 38.5 Å². The monoisotopic (exact) mass is 366 g/mol. The van der Waals surface area contributed by atoms with Crippen molar-refractivity contribution in [2.45, 2.75) is 32.0 Å². The Kier molecular flexibility index (Phi) is 4.87. The maximum Gasteiger partial charge on any atom is 0.254 e. The van der Waals surface area contributed by atoms with Crippen molar-refractivity contribution in [3.8, 4) is 11.1 Å². The molecule has 1 aliphatic rings. The number of aryl methyl sites for hydroxylation is 1. The van der Waals surface area contributed by atoms with Crippen molar-refractivity contribution in [2.24, 2.45) is 7.05 Å². The third kappa shape index (κ3) is 3.56. The van der Waals surface area contributed by atoms with Gasteiger partial charge in [0.2, 0.25) is 0 Å². The Balaban J connectivity index is 1.62. The first kappa shape index (κ1) is 17.6. The van der Waals surface area contributed by atoms with Gasteiger partial charge in [0, 0.05) is 30.8 Å². The van der Waals surface area contributed by atoms with E-state index in [0.29, 0.717) is 12.4 Å². The molecule has 0 spiro atoms. The van der Waals surface area contributed by atoms with Gasteiger partial charge in [-0.05, 0) is 42.3 Å². The summed E-state index contributed by atoms with van der Waals surface area (Å²) in [7, 11) is 1.81. The van der Waals surface area contributed by atoms with Crippen LogP contribution in [0.2, 0.25) is 0 Å². The highest BCUT2D eigenvalue weighted by atomic mass is 16.5. The zero-order chi connectivity index (χ0) is 18.8. The number of fused-ring (bicyclic) bond motifs is 1. The van der Waals surface area contributed by atoms with Crippen molar-refractivity contribution >= 4 is 22.5 Å². The summed E-state index contributed by atoms with van der Waals surface area (Å²) in [6, 6.07) is 7.82. The van der Waals surface area contributed by atoms with Gasteiger partial charge in [-0.1, -0.05) is 12.1 Å². The number of pyridine rings is 1. The molecule has 140 valence electrons. The molecule has 7 heteroatoms. The average Bonchev–Trinajstić information content (AvgIpc) is 3.08. The van der Waals surface area contributed by atoms with Crippen molar-refractivity contribution < 1.29 is 14.6 Å². The molecule has 1 aromatic carbocycles. The molecule has 4 rings (SSSR count). The number of nitrogens with one attached hydrogen (secondary N) is 1. The number of carbonyl (C=O) groups excluding carboxylic acids is 1. The van der Waals surface area contributed by atoms with Gasteiger partial charge in [0.25, 0.3) is 5.91 Å². The van der Waals surface area contributed by atoms with Crippen molar-refractivity contribution in [3.05, 3.63) is 42.4 Å². The third-order valence-electron chi connectivity index (χ3n) is 4.97. The number of carbonyl (C=O) groups is 1. The Morgan fingerprint density at radius 3 is 2.96 bits per heavy atom. The molecule has 3 heterocycles. The van der Waals surface area contributed by atoms with Gasteiger partial charge in [0.05, 0.1) is 18.5 Å². The molecular weight excluding hydrogens is 344 g/mol. The standard InChI is InChI=1S/C20H22N4O3/c1-24-17(12-25)16(11-22-24)13-5-6-14-10-21-19(9-15(14)8-13)23-20(26)18-4-2-3-7-27-18/h5-6,8-11,18,25H,2-4,7,12H2,1H3,(H,21,23,26). The number of aromatic nitrogens is 3. The van der Waals surface area contributed by atoms with E-state index in [4.69, 9.17) is 4.74 Å². The Hall–Kier alpha value is -2.77. The lowest BCUT2D eigenvalue weighted by atomic mass is 10.0. The zero-order valence-corrected chi connectivity index (χ0v) is 15.2. The predicted molar refractivity (Wildman–Crippen MR) is 102 cm³/mol. The van der Waals surface area contributed by atoms with Crippen molar-refractivity contribution in [3.63, 3.8) is 0 Å². The van der Waals surface area contributed by atoms with E-state index in [0.717, 1.165) is 46.9 Å². The molecule has 0 radical (unpaired) electrons. The second-order valence-electron chi connectivity index (χ2n) is 6.76. The maximum absolute atomic E-state index is 12.4. The van der Waals surface area contributed by atoms with E-state index in [1.807, 2.05) is 24.3 Å². The van der Waals surface area contributed by atoms with Crippen LogP contribution >= 0.6 is 0 Å². The lowest BCUT2D eigenvalue weighted by molar-refractivity contribution is -0.130. The van der Waals surface area contributed by atoms with E-state index in [-0.39, 0.29) is 12.5 Å². The first-order chi connectivity index (χ1) is 13.2. The van der Waals surface area contributed by atoms with E-state index in [1.165, 1.54) is 0 Å². The van der Waals surface area contributed by atoms with Crippen molar-refractivity contribution in [1.82, 2.24) is 14.8 Å². The lowest BCUT2D eigenvalue weighted by Crippen LogP contribution is -2.33. The minimum atomic E-state index is -0.398. The van der Waals surface area contributed by atoms with Gasteiger partial charge in [0.1, 0.15) is 11.9 Å². The summed E-state index contributed by atoms with van der Waals surface area (Å²) in [6.45, 7) is 0.549. The Bertz CT molecular complexity index is 977. The van der Waals surface area contributed by atoms with Gasteiger partial charge in [0.15, 0.2) is 0 Å². The molecule has 0 saturated carbocycles. The lowest BCUT2D eigenvalue weighted by Gasteiger charge is -2.21. The molecule has 1 fully saturated rings. The number of aliphatic hydroxyl groups excluding tert-OH is 1. The second kappa shape index (κ2) is 7.46. The third-order valence-corrected chi connectivity index (χ3v) is 4.97. The van der Waals surface area contributed by atoms with E-state index in [1.54, 1.807) is 24.1 Å². The fourth-order valence-electron chi connectivity index (χ4n) is 3.42. The summed E-state index contributed by atoms with van der Waals surface area (Å²) in [5, 5.41) is 18.6. The summed E-state index contributed by atoms with van der Waals surface area (Å²) in [5.74, 6) is 0.361. The summed E-state index contributed by atoms with van der Waals surface area (Å²) in [4.78, 5) is 16.7. The molecular formula is C20H22N4O3. The minimum Gasteiger partial charge on any atom is -0.390 e. The predicted octanol–water partition coefficient (Wildman–Crippen LogP) is 2.64. The molecule has 0 bridgehead atoms. The molecule has 2 N–H and O–H groups in total. The number of aliphatic hydroxyl groups is 1. The van der Waals surface area contributed by atoms with Crippen LogP contribution in [0.1, 0.15) is 25.0 Å². The van der Waals surface area contributed by atoms with Gasteiger partial charge in [-0.3, -0.25) is 9.48 Å². The zero-order valence-electron chi connectivity index (χ0n) is 15.2. The summed E-state index contributed by atoms with van der Waals surface area (Å²) in [5.41, 5.74) is 2.60. The van der Waals surface area contributed by atoms with Crippen LogP contribution in [0, 0.1) is 0 Å². The SMILES string of the molecule is Cn1ncc(-c2ccc3cnc(NC(=O)C4CCCCO4)cc3c2)c1CO. The maximum atomic E-state index is 12.4. The number of anilines is 1. The van der Waals surface area contributed by atoms with Gasteiger partial charge in [-0.15, -0.1) is 0 Å². The van der Waals surface area contributed by atoms with Crippen molar-refractivity contribution in [2.75, 3.05) is 11.9 Å². The number of amides is 1. The van der Waals surface area contributed by atoms with Crippen molar-refractivity contribution in [1.29, 1.82) is 0 Å². The molecule has 2 aromatic heterocycles. The number of hydrogen-bond acceptors (Lipinski definition) is 5. The fourth-order valence-corrected chi connectivity index (χ4v) is 3.42. The van der Waals surface area contributed by atoms with Gasteiger partial charge < -0.3 is 15.2 Å². The minimum absolute atomic E-state index is 0.0804. The van der Waals surface area contributed by atoms with Crippen LogP contribution in [0.3, 0.4) is 0 Å². The number of nitrogens with zero attached hydrogens (tertiary/aromatic N) is 3. The second-order valence-corrected chi connectivity index (χ2v) is 6.76. The van der Waals surface area contributed by atoms with Gasteiger partial charge in [-0.2, -0.15) is 5.10 Å². The highest BCUT2D eigenvalue weighted by Crippen LogP contribution is 2.28. The van der Waals surface area contributed by atoms with Gasteiger partial charge >= 0.3 is 0 Å². The highest BCUT2D eigenvalue weighted by molar-refractivity contribution is 5.96. The molecule has 1 aliphatic heterocycles. The van der Waals surface area contributed by atoms with E-state index >= 15 is 0 Å². The Morgan fingerprint density at radius 2 is 2.19 bits per heavy atom. The number of benzene rings is 1. The topological polar surface area (TPSA) is 89.3 Å². The van der Waals surface area contributed by atoms with Crippen LogP contribution < -0.4 is 5.32 Å². The smallest absolute Gasteiger partial charge is 0.254 e. The molecule has 7 nitrogen and oxygen atoms in total. The molecule has 0 aliphatic carbocycles. The van der Waals surface area contributed by atoms with Crippen LogP contribution in [-0.2, 0) is 23.2 Å². The Morgan fingerprint density at radius 1 is 1.30 bits per heavy atom. The number of rotatable bonds is 4. The first-order valence-corrected chi connectivity index (χ1v) is 9.10. The highest BCUT2D eigenvalue weighted by Gasteiger charge is 2.22. The summed E-state index contributed by atoms with van der Waals surface area (Å²) >= 11 is 0. The van der Waals surface area contributed by atoms with Crippen LogP contribution in [0.4, 0.5) is 5.82 Å². The molecule has 1 saturated heterocycles. The fraction of sp³-hybridized carbons (Fsp3) is 0.350. The quantitative estimate of drug-likeness (QED) is 0.741. The summed E-state index contributed by atoms with van der Waals surface area (Å²) < 4.78 is 7.20. The average molecular weight is 366 g/mol. The van der Waals surface area contributed by atoms with E-state index in [9.17, 15) is 9.90 Å². The van der Waals surface area contributed by atoms with E-state index < -0.39 is 6.10 Å². The van der Waals surface area contributed by atoms with Gasteiger partial charge in [-0.25, -0.2) is 4.98 Å². The number of ether oxygens (including phenoxy) is 1. The normalized spacial score (nSPS) is 17.2. The molecule has 1 unspecified atom stereocenters. The molecule has 3 aromatic rings. The largest absolute Gasteiger partial charge is 0.390 e. The van der Waals surface area contributed by atoms with E-state index in [2.05, 4.69) is 15.4 Å². The Labute approximate surface area is 157 Å². The van der Waals surface area contributed by atoms with Crippen LogP contribution in [0.25, 0.3) is 21.9 Å². The van der Waals surface area contributed by atoms with Crippen LogP contribution in [0.15, 0.2) is 36.7 Å². The number of hydrogen-bond donors (Lipinski definition) is 2. The molecule has 1 amide bonds. The summed E-state index contributed by atoms with van der Waals surface area (Å²) in [6.07, 6.45) is 5.85. The molecule has 1 atom stereocenters. The molecule has 27 heavy (non-hydrogen) atoms.